The summed E-state index contributed by atoms with van der Waals surface area (Å²) in [5.74, 6) is 5.21. The molecule has 0 aliphatic carbocycles. The molecule has 1 saturated heterocycles. The molecule has 21 heavy (non-hydrogen) atoms. The quantitative estimate of drug-likeness (QED) is 0.750. The highest BCUT2D eigenvalue weighted by Crippen LogP contribution is 2.18. The fourth-order valence-corrected chi connectivity index (χ4v) is 2.17. The monoisotopic (exact) mass is 277 g/mol. The van der Waals surface area contributed by atoms with E-state index in [1.165, 1.54) is 10.6 Å². The lowest BCUT2D eigenvalue weighted by molar-refractivity contribution is -0.161. The van der Waals surface area contributed by atoms with Crippen LogP contribution in [0.3, 0.4) is 0 Å². The molecule has 0 bridgehead atoms. The Morgan fingerprint density at radius 2 is 1.71 bits per heavy atom. The van der Waals surface area contributed by atoms with Crippen LogP contribution in [0, 0.1) is 11.8 Å². The van der Waals surface area contributed by atoms with E-state index in [1.807, 2.05) is 42.5 Å². The van der Waals surface area contributed by atoms with Crippen molar-refractivity contribution in [2.75, 3.05) is 13.2 Å². The Balaban J connectivity index is 1.72. The molecule has 0 unspecified atom stereocenters. The second kappa shape index (κ2) is 6.25. The molecule has 0 N–H and O–H groups in total. The maximum atomic E-state index is 11.7. The van der Waals surface area contributed by atoms with E-state index in [2.05, 4.69) is 24.0 Å². The number of carbonyl (C=O) groups is 1. The number of carbonyl (C=O) groups excluding carboxylic acids is 1. The topological polar surface area (TPSA) is 29.5 Å². The van der Waals surface area contributed by atoms with Crippen LogP contribution in [0.25, 0.3) is 11.1 Å². The first-order valence-electron chi connectivity index (χ1n) is 6.95. The zero-order valence-electron chi connectivity index (χ0n) is 11.6. The van der Waals surface area contributed by atoms with E-state index in [4.69, 9.17) is 4.84 Å². The van der Waals surface area contributed by atoms with Crippen LogP contribution < -0.4 is 0 Å². The molecule has 2 aromatic carbocycles. The van der Waals surface area contributed by atoms with Crippen LogP contribution in [-0.2, 0) is 9.63 Å². The number of hydrogen-bond donors (Lipinski definition) is 0. The molecule has 3 heteroatoms. The highest BCUT2D eigenvalue weighted by atomic mass is 16.7. The Morgan fingerprint density at radius 3 is 2.38 bits per heavy atom. The molecule has 0 aromatic heterocycles. The molecule has 3 nitrogen and oxygen atoms in total. The summed E-state index contributed by atoms with van der Waals surface area (Å²) in [6.45, 7) is 1.22. The lowest BCUT2D eigenvalue weighted by Gasteiger charge is -2.08. The normalized spacial score (nSPS) is 13.6. The third-order valence-corrected chi connectivity index (χ3v) is 3.28. The van der Waals surface area contributed by atoms with Crippen molar-refractivity contribution in [1.29, 1.82) is 0 Å². The molecule has 1 heterocycles. The van der Waals surface area contributed by atoms with Crippen molar-refractivity contribution < 1.29 is 9.63 Å². The third-order valence-electron chi connectivity index (χ3n) is 3.28. The summed E-state index contributed by atoms with van der Waals surface area (Å²) in [6.07, 6.45) is 0.874. The lowest BCUT2D eigenvalue weighted by Crippen LogP contribution is -2.24. The van der Waals surface area contributed by atoms with Crippen molar-refractivity contribution in [2.45, 2.75) is 6.42 Å². The van der Waals surface area contributed by atoms with Crippen molar-refractivity contribution in [3.05, 3.63) is 60.2 Å². The first-order valence-corrected chi connectivity index (χ1v) is 6.95. The van der Waals surface area contributed by atoms with Gasteiger partial charge >= 0.3 is 5.91 Å². The van der Waals surface area contributed by atoms with Gasteiger partial charge in [-0.3, -0.25) is 9.63 Å². The zero-order valence-corrected chi connectivity index (χ0v) is 11.6. The molecular formula is C18H15NO2. The van der Waals surface area contributed by atoms with Gasteiger partial charge in [-0.2, -0.15) is 0 Å². The zero-order chi connectivity index (χ0) is 14.5. The van der Waals surface area contributed by atoms with Gasteiger partial charge < -0.3 is 0 Å². The first kappa shape index (κ1) is 13.4. The summed E-state index contributed by atoms with van der Waals surface area (Å²) >= 11 is 0. The number of hydrogen-bond acceptors (Lipinski definition) is 2. The van der Waals surface area contributed by atoms with Crippen LogP contribution in [0.2, 0.25) is 0 Å². The van der Waals surface area contributed by atoms with Gasteiger partial charge in [-0.05, 0) is 29.7 Å². The standard InChI is InChI=1S/C18H15NO2/c20-18(19-13-4-14-21-19)12-9-15-7-10-17(11-8-15)16-5-2-1-3-6-16/h1-3,5-8,10-11H,4,13-14H2. The molecule has 0 radical (unpaired) electrons. The van der Waals surface area contributed by atoms with Crippen LogP contribution in [0.5, 0.6) is 0 Å². The Morgan fingerprint density at radius 1 is 1.00 bits per heavy atom. The second-order valence-corrected chi connectivity index (χ2v) is 4.79. The molecule has 1 amide bonds. The molecule has 1 aliphatic heterocycles. The van der Waals surface area contributed by atoms with Gasteiger partial charge in [0.15, 0.2) is 0 Å². The molecule has 1 aliphatic rings. The van der Waals surface area contributed by atoms with Crippen LogP contribution >= 0.6 is 0 Å². The lowest BCUT2D eigenvalue weighted by atomic mass is 10.0. The molecule has 2 aromatic rings. The fourth-order valence-electron chi connectivity index (χ4n) is 2.17. The first-order chi connectivity index (χ1) is 10.3. The smallest absolute Gasteiger partial charge is 0.270 e. The van der Waals surface area contributed by atoms with E-state index in [1.54, 1.807) is 0 Å². The summed E-state index contributed by atoms with van der Waals surface area (Å²) in [6, 6.07) is 18.0. The number of hydroxylamine groups is 2. The molecule has 0 atom stereocenters. The van der Waals surface area contributed by atoms with Crippen LogP contribution in [0.4, 0.5) is 0 Å². The fraction of sp³-hybridized carbons (Fsp3) is 0.167. The van der Waals surface area contributed by atoms with Gasteiger partial charge in [0, 0.05) is 11.5 Å². The number of benzene rings is 2. The highest BCUT2D eigenvalue weighted by molar-refractivity contribution is 5.93. The maximum Gasteiger partial charge on any atom is 0.322 e. The third kappa shape index (κ3) is 3.31. The summed E-state index contributed by atoms with van der Waals surface area (Å²) in [7, 11) is 0. The highest BCUT2D eigenvalue weighted by Gasteiger charge is 2.16. The van der Waals surface area contributed by atoms with E-state index in [0.717, 1.165) is 17.5 Å². The van der Waals surface area contributed by atoms with Crippen LogP contribution in [-0.4, -0.2) is 24.1 Å². The van der Waals surface area contributed by atoms with Gasteiger partial charge in [0.2, 0.25) is 0 Å². The Hall–Kier alpha value is -2.57. The Labute approximate surface area is 124 Å². The number of rotatable bonds is 1. The van der Waals surface area contributed by atoms with E-state index < -0.39 is 0 Å². The van der Waals surface area contributed by atoms with Crippen LogP contribution in [0.1, 0.15) is 12.0 Å². The molecule has 3 rings (SSSR count). The summed E-state index contributed by atoms with van der Waals surface area (Å²) in [4.78, 5) is 16.9. The van der Waals surface area contributed by atoms with Gasteiger partial charge in [-0.15, -0.1) is 0 Å². The van der Waals surface area contributed by atoms with E-state index in [0.29, 0.717) is 13.2 Å². The minimum Gasteiger partial charge on any atom is -0.270 e. The number of nitrogens with zero attached hydrogens (tertiary/aromatic N) is 1. The summed E-state index contributed by atoms with van der Waals surface area (Å²) in [5.41, 5.74) is 3.12. The van der Waals surface area contributed by atoms with E-state index in [-0.39, 0.29) is 5.91 Å². The van der Waals surface area contributed by atoms with Crippen molar-refractivity contribution in [1.82, 2.24) is 5.06 Å². The minimum absolute atomic E-state index is 0.278. The van der Waals surface area contributed by atoms with Crippen molar-refractivity contribution in [3.63, 3.8) is 0 Å². The average Bonchev–Trinajstić information content (AvgIpc) is 3.08. The van der Waals surface area contributed by atoms with E-state index >= 15 is 0 Å². The molecule has 0 saturated carbocycles. The largest absolute Gasteiger partial charge is 0.322 e. The molecule has 1 fully saturated rings. The molecular weight excluding hydrogens is 262 g/mol. The summed E-state index contributed by atoms with van der Waals surface area (Å²) in [5, 5.41) is 1.32. The average molecular weight is 277 g/mol. The van der Waals surface area contributed by atoms with Gasteiger partial charge in [0.25, 0.3) is 0 Å². The van der Waals surface area contributed by atoms with Gasteiger partial charge in [-0.1, -0.05) is 48.4 Å². The minimum atomic E-state index is -0.278. The van der Waals surface area contributed by atoms with Gasteiger partial charge in [0.05, 0.1) is 13.2 Å². The number of amides is 1. The maximum absolute atomic E-state index is 11.7. The second-order valence-electron chi connectivity index (χ2n) is 4.79. The SMILES string of the molecule is O=C(C#Cc1ccc(-c2ccccc2)cc1)N1CCCO1. The summed E-state index contributed by atoms with van der Waals surface area (Å²) < 4.78 is 0. The van der Waals surface area contributed by atoms with E-state index in [9.17, 15) is 4.79 Å². The Bertz CT molecular complexity index is 675. The Kier molecular flexibility index (Phi) is 3.99. The predicted octanol–water partition coefficient (Wildman–Crippen LogP) is 2.87. The van der Waals surface area contributed by atoms with Crippen molar-refractivity contribution in [3.8, 4) is 23.0 Å². The van der Waals surface area contributed by atoms with Gasteiger partial charge in [-0.25, -0.2) is 5.06 Å². The predicted molar refractivity (Wildman–Crippen MR) is 81.0 cm³/mol. The molecule has 0 spiro atoms. The van der Waals surface area contributed by atoms with Crippen molar-refractivity contribution >= 4 is 5.91 Å². The van der Waals surface area contributed by atoms with Crippen LogP contribution in [0.15, 0.2) is 54.6 Å². The van der Waals surface area contributed by atoms with Crippen molar-refractivity contribution in [2.24, 2.45) is 0 Å². The van der Waals surface area contributed by atoms with Gasteiger partial charge in [0.1, 0.15) is 0 Å². The molecule has 104 valence electrons.